The molecule has 1 aliphatic heterocycles. The molecule has 2 amide bonds. The van der Waals surface area contributed by atoms with Crippen LogP contribution in [0.4, 0.5) is 11.4 Å². The first-order valence-corrected chi connectivity index (χ1v) is 10.9. The van der Waals surface area contributed by atoms with E-state index in [-0.39, 0.29) is 40.7 Å². The highest BCUT2D eigenvalue weighted by atomic mass is 35.5. The number of nitrogens with one attached hydrogen (secondary N) is 2. The molecule has 1 fully saturated rings. The standard InChI is InChI=1S/C20H23ClN4O4S/c21-15-3-4-17(18(12-15)25(28)29)23-19(26)13-24-9-6-14(7-10-24)20(27)22-8-5-16-2-1-11-30-16/h1-4,11-12,14H,5-10,13H2,(H,22,27)(H,23,26). The molecular weight excluding hydrogens is 428 g/mol. The van der Waals surface area contributed by atoms with Crippen LogP contribution in [0.1, 0.15) is 17.7 Å². The maximum absolute atomic E-state index is 12.3. The fourth-order valence-corrected chi connectivity index (χ4v) is 4.29. The Morgan fingerprint density at radius 1 is 1.27 bits per heavy atom. The summed E-state index contributed by atoms with van der Waals surface area (Å²) in [6.45, 7) is 1.99. The van der Waals surface area contributed by atoms with Gasteiger partial charge >= 0.3 is 0 Å². The molecule has 0 aliphatic carbocycles. The summed E-state index contributed by atoms with van der Waals surface area (Å²) in [7, 11) is 0. The van der Waals surface area contributed by atoms with Gasteiger partial charge in [0.15, 0.2) is 0 Å². The summed E-state index contributed by atoms with van der Waals surface area (Å²) >= 11 is 7.47. The van der Waals surface area contributed by atoms with Crippen molar-refractivity contribution in [3.05, 3.63) is 55.7 Å². The Labute approximate surface area is 183 Å². The second kappa shape index (κ2) is 10.5. The number of likely N-dealkylation sites (tertiary alicyclic amines) is 1. The highest BCUT2D eigenvalue weighted by molar-refractivity contribution is 7.09. The van der Waals surface area contributed by atoms with E-state index in [1.807, 2.05) is 16.3 Å². The van der Waals surface area contributed by atoms with Crippen LogP contribution in [0.25, 0.3) is 0 Å². The number of anilines is 1. The Balaban J connectivity index is 1.41. The molecule has 1 saturated heterocycles. The van der Waals surface area contributed by atoms with E-state index >= 15 is 0 Å². The zero-order valence-corrected chi connectivity index (χ0v) is 17.9. The van der Waals surface area contributed by atoms with Crippen LogP contribution in [0, 0.1) is 16.0 Å². The Kier molecular flexibility index (Phi) is 7.78. The average molecular weight is 451 g/mol. The van der Waals surface area contributed by atoms with Gasteiger partial charge in [-0.3, -0.25) is 24.6 Å². The predicted molar refractivity (Wildman–Crippen MR) is 117 cm³/mol. The van der Waals surface area contributed by atoms with Crippen LogP contribution < -0.4 is 10.6 Å². The summed E-state index contributed by atoms with van der Waals surface area (Å²) in [6.07, 6.45) is 2.19. The zero-order valence-electron chi connectivity index (χ0n) is 16.3. The third-order valence-corrected chi connectivity index (χ3v) is 6.18. The minimum atomic E-state index is -0.579. The van der Waals surface area contributed by atoms with Gasteiger partial charge in [-0.2, -0.15) is 0 Å². The SMILES string of the molecule is O=C(CN1CCC(C(=O)NCCc2cccs2)CC1)Nc1ccc(Cl)cc1[N+](=O)[O-]. The second-order valence-corrected chi connectivity index (χ2v) is 8.61. The molecule has 30 heavy (non-hydrogen) atoms. The molecule has 1 aromatic carbocycles. The van der Waals surface area contributed by atoms with Crippen molar-refractivity contribution in [1.82, 2.24) is 10.2 Å². The molecule has 2 N–H and O–H groups in total. The van der Waals surface area contributed by atoms with E-state index < -0.39 is 4.92 Å². The number of benzene rings is 1. The van der Waals surface area contributed by atoms with Crippen molar-refractivity contribution in [3.8, 4) is 0 Å². The normalized spacial score (nSPS) is 15.0. The summed E-state index contributed by atoms with van der Waals surface area (Å²) in [6, 6.07) is 8.18. The van der Waals surface area contributed by atoms with Crippen LogP contribution >= 0.6 is 22.9 Å². The van der Waals surface area contributed by atoms with Gasteiger partial charge < -0.3 is 10.6 Å². The molecule has 1 aromatic heterocycles. The van der Waals surface area contributed by atoms with Crippen molar-refractivity contribution in [3.63, 3.8) is 0 Å². The fraction of sp³-hybridized carbons (Fsp3) is 0.400. The maximum Gasteiger partial charge on any atom is 0.294 e. The van der Waals surface area contributed by atoms with Crippen LogP contribution in [0.3, 0.4) is 0 Å². The molecule has 0 saturated carbocycles. The topological polar surface area (TPSA) is 105 Å². The first-order valence-electron chi connectivity index (χ1n) is 9.68. The van der Waals surface area contributed by atoms with E-state index in [4.69, 9.17) is 11.6 Å². The number of amides is 2. The third kappa shape index (κ3) is 6.25. The Morgan fingerprint density at radius 2 is 2.03 bits per heavy atom. The predicted octanol–water partition coefficient (Wildman–Crippen LogP) is 3.32. The number of rotatable bonds is 8. The van der Waals surface area contributed by atoms with Gasteiger partial charge in [-0.25, -0.2) is 0 Å². The van der Waals surface area contributed by atoms with Crippen LogP contribution in [0.5, 0.6) is 0 Å². The lowest BCUT2D eigenvalue weighted by Crippen LogP contribution is -2.43. The van der Waals surface area contributed by atoms with Crippen LogP contribution in [-0.2, 0) is 16.0 Å². The second-order valence-electron chi connectivity index (χ2n) is 7.14. The van der Waals surface area contributed by atoms with Gasteiger partial charge in [-0.1, -0.05) is 17.7 Å². The van der Waals surface area contributed by atoms with Gasteiger partial charge in [0.25, 0.3) is 5.69 Å². The average Bonchev–Trinajstić information content (AvgIpc) is 3.23. The smallest absolute Gasteiger partial charge is 0.294 e. The van der Waals surface area contributed by atoms with Gasteiger partial charge in [0.2, 0.25) is 11.8 Å². The minimum Gasteiger partial charge on any atom is -0.355 e. The molecule has 8 nitrogen and oxygen atoms in total. The summed E-state index contributed by atoms with van der Waals surface area (Å²) in [4.78, 5) is 38.4. The first kappa shape index (κ1) is 22.2. The van der Waals surface area contributed by atoms with E-state index in [0.717, 1.165) is 6.42 Å². The van der Waals surface area contributed by atoms with E-state index in [1.54, 1.807) is 11.3 Å². The highest BCUT2D eigenvalue weighted by Gasteiger charge is 2.26. The zero-order chi connectivity index (χ0) is 21.5. The van der Waals surface area contributed by atoms with E-state index in [1.165, 1.54) is 23.1 Å². The monoisotopic (exact) mass is 450 g/mol. The number of hydrogen-bond donors (Lipinski definition) is 2. The molecule has 2 aromatic rings. The molecule has 0 atom stereocenters. The summed E-state index contributed by atoms with van der Waals surface area (Å²) in [5.41, 5.74) is -0.122. The Hall–Kier alpha value is -2.49. The van der Waals surface area contributed by atoms with E-state index in [2.05, 4.69) is 16.7 Å². The van der Waals surface area contributed by atoms with Crippen molar-refractivity contribution >= 4 is 46.1 Å². The molecule has 2 heterocycles. The van der Waals surface area contributed by atoms with Crippen molar-refractivity contribution in [1.29, 1.82) is 0 Å². The molecule has 3 rings (SSSR count). The van der Waals surface area contributed by atoms with Crippen molar-refractivity contribution in [2.24, 2.45) is 5.92 Å². The lowest BCUT2D eigenvalue weighted by Gasteiger charge is -2.30. The molecule has 0 spiro atoms. The van der Waals surface area contributed by atoms with Gasteiger partial charge in [-0.05, 0) is 55.9 Å². The van der Waals surface area contributed by atoms with Crippen molar-refractivity contribution in [2.75, 3.05) is 31.5 Å². The van der Waals surface area contributed by atoms with Crippen molar-refractivity contribution in [2.45, 2.75) is 19.3 Å². The number of hydrogen-bond acceptors (Lipinski definition) is 6. The molecule has 0 radical (unpaired) electrons. The van der Waals surface area contributed by atoms with Crippen LogP contribution in [0.2, 0.25) is 5.02 Å². The van der Waals surface area contributed by atoms with Gasteiger partial charge in [0.1, 0.15) is 5.69 Å². The number of nitro benzene ring substituents is 1. The lowest BCUT2D eigenvalue weighted by atomic mass is 9.96. The number of nitro groups is 1. The number of carbonyl (C=O) groups excluding carboxylic acids is 2. The molecule has 0 unspecified atom stereocenters. The highest BCUT2D eigenvalue weighted by Crippen LogP contribution is 2.27. The first-order chi connectivity index (χ1) is 14.4. The van der Waals surface area contributed by atoms with Crippen LogP contribution in [0.15, 0.2) is 35.7 Å². The number of nitrogens with zero attached hydrogens (tertiary/aromatic N) is 2. The van der Waals surface area contributed by atoms with E-state index in [0.29, 0.717) is 32.5 Å². The quantitative estimate of drug-likeness (QED) is 0.474. The third-order valence-electron chi connectivity index (χ3n) is 5.01. The number of thiophene rings is 1. The fourth-order valence-electron chi connectivity index (χ4n) is 3.42. The summed E-state index contributed by atoms with van der Waals surface area (Å²) in [5, 5.41) is 19.0. The Bertz CT molecular complexity index is 898. The Morgan fingerprint density at radius 3 is 2.70 bits per heavy atom. The van der Waals surface area contributed by atoms with Crippen molar-refractivity contribution < 1.29 is 14.5 Å². The maximum atomic E-state index is 12.3. The van der Waals surface area contributed by atoms with Gasteiger partial charge in [0.05, 0.1) is 11.5 Å². The molecule has 10 heteroatoms. The van der Waals surface area contributed by atoms with E-state index in [9.17, 15) is 19.7 Å². The lowest BCUT2D eigenvalue weighted by molar-refractivity contribution is -0.383. The molecule has 160 valence electrons. The minimum absolute atomic E-state index is 0.0509. The van der Waals surface area contributed by atoms with Gasteiger partial charge in [0, 0.05) is 28.4 Å². The summed E-state index contributed by atoms with van der Waals surface area (Å²) < 4.78 is 0. The summed E-state index contributed by atoms with van der Waals surface area (Å²) in [5.74, 6) is -0.322. The number of halogens is 1. The largest absolute Gasteiger partial charge is 0.355 e. The number of piperidine rings is 1. The van der Waals surface area contributed by atoms with Crippen LogP contribution in [-0.4, -0.2) is 47.8 Å². The number of carbonyl (C=O) groups is 2. The van der Waals surface area contributed by atoms with Gasteiger partial charge in [-0.15, -0.1) is 11.3 Å². The molecule has 0 bridgehead atoms. The molecular formula is C20H23ClN4O4S. The molecule has 1 aliphatic rings.